The highest BCUT2D eigenvalue weighted by Crippen LogP contribution is 2.04. The van der Waals surface area contributed by atoms with Crippen LogP contribution in [0.4, 0.5) is 0 Å². The van der Waals surface area contributed by atoms with Crippen LogP contribution < -0.4 is 0 Å². The second kappa shape index (κ2) is 16.1. The lowest BCUT2D eigenvalue weighted by Gasteiger charge is -2.27. The number of rotatable bonds is 15. The molecule has 0 heterocycles. The second-order valence-corrected chi connectivity index (χ2v) is 14.3. The third-order valence-electron chi connectivity index (χ3n) is 4.70. The molecule has 0 bridgehead atoms. The molecule has 0 saturated carbocycles. The molecule has 0 aliphatic heterocycles. The molecule has 8 nitrogen and oxygen atoms in total. The van der Waals surface area contributed by atoms with Crippen molar-refractivity contribution in [2.24, 2.45) is 11.8 Å². The zero-order valence-corrected chi connectivity index (χ0v) is 23.6. The van der Waals surface area contributed by atoms with E-state index in [1.807, 2.05) is 32.6 Å². The number of Topliss-reactive ketones (excluding diaryl/α,β-unsaturated/α-hetero) is 1. The fraction of sp³-hybridized carbons (Fsp3) is 0.955. The van der Waals surface area contributed by atoms with Crippen molar-refractivity contribution in [3.05, 3.63) is 0 Å². The number of carbonyl (C=O) groups excluding carboxylic acids is 1. The van der Waals surface area contributed by atoms with Crippen molar-refractivity contribution in [3.8, 4) is 0 Å². The zero-order valence-electron chi connectivity index (χ0n) is 21.9. The van der Waals surface area contributed by atoms with Crippen LogP contribution in [0.3, 0.4) is 0 Å². The third kappa shape index (κ3) is 21.3. The lowest BCUT2D eigenvalue weighted by Crippen LogP contribution is -2.37. The maximum atomic E-state index is 11.4. The van der Waals surface area contributed by atoms with E-state index in [2.05, 4.69) is 32.6 Å². The Labute approximate surface area is 197 Å². The van der Waals surface area contributed by atoms with E-state index in [9.17, 15) is 21.6 Å². The van der Waals surface area contributed by atoms with Gasteiger partial charge in [-0.1, -0.05) is 27.7 Å². The lowest BCUT2D eigenvalue weighted by atomic mass is 10.1. The van der Waals surface area contributed by atoms with Crippen molar-refractivity contribution in [2.45, 2.75) is 67.5 Å². The van der Waals surface area contributed by atoms with Crippen molar-refractivity contribution in [1.29, 1.82) is 0 Å². The molecule has 0 aromatic heterocycles. The Morgan fingerprint density at radius 2 is 1.16 bits per heavy atom. The highest BCUT2D eigenvalue weighted by Gasteiger charge is 2.15. The molecule has 0 rings (SSSR count). The first-order chi connectivity index (χ1) is 14.4. The van der Waals surface area contributed by atoms with Gasteiger partial charge in [-0.3, -0.25) is 14.6 Å². The van der Waals surface area contributed by atoms with Gasteiger partial charge < -0.3 is 4.74 Å². The predicted molar refractivity (Wildman–Crippen MR) is 133 cm³/mol. The predicted octanol–water partition coefficient (Wildman–Crippen LogP) is 2.34. The van der Waals surface area contributed by atoms with E-state index in [4.69, 9.17) is 4.74 Å². The summed E-state index contributed by atoms with van der Waals surface area (Å²) >= 11 is 0. The van der Waals surface area contributed by atoms with Crippen molar-refractivity contribution in [1.82, 2.24) is 9.80 Å². The fourth-order valence-electron chi connectivity index (χ4n) is 2.50. The molecule has 0 aliphatic carbocycles. The van der Waals surface area contributed by atoms with Crippen LogP contribution in [-0.4, -0.2) is 101 Å². The second-order valence-electron chi connectivity index (χ2n) is 9.75. The molecular formula is C22H48N2O6S2. The van der Waals surface area contributed by atoms with Gasteiger partial charge in [0, 0.05) is 50.1 Å². The van der Waals surface area contributed by atoms with Crippen LogP contribution in [0.15, 0.2) is 0 Å². The van der Waals surface area contributed by atoms with E-state index in [-0.39, 0.29) is 42.6 Å². The van der Waals surface area contributed by atoms with Gasteiger partial charge in [0.25, 0.3) is 0 Å². The Morgan fingerprint density at radius 3 is 1.47 bits per heavy atom. The Morgan fingerprint density at radius 1 is 0.750 bits per heavy atom. The molecule has 10 heteroatoms. The van der Waals surface area contributed by atoms with Gasteiger partial charge in [0.1, 0.15) is 26.3 Å². The molecule has 0 atom stereocenters. The monoisotopic (exact) mass is 500 g/mol. The summed E-state index contributed by atoms with van der Waals surface area (Å²) in [6.07, 6.45) is 2.51. The maximum Gasteiger partial charge on any atom is 0.161 e. The van der Waals surface area contributed by atoms with Gasteiger partial charge in [-0.15, -0.1) is 0 Å². The van der Waals surface area contributed by atoms with Crippen LogP contribution in [0.5, 0.6) is 0 Å². The molecule has 0 spiro atoms. The van der Waals surface area contributed by atoms with Gasteiger partial charge in [-0.2, -0.15) is 0 Å². The largest absolute Gasteiger partial charge is 0.358 e. The molecule has 0 saturated heterocycles. The summed E-state index contributed by atoms with van der Waals surface area (Å²) in [4.78, 5) is 15.5. The topological polar surface area (TPSA) is 101 Å². The van der Waals surface area contributed by atoms with E-state index >= 15 is 0 Å². The Hall–Kier alpha value is -0.550. The number of ether oxygens (including phenoxy) is 1. The van der Waals surface area contributed by atoms with E-state index < -0.39 is 19.7 Å². The number of sulfone groups is 2. The minimum absolute atomic E-state index is 0.0338. The minimum Gasteiger partial charge on any atom is -0.358 e. The summed E-state index contributed by atoms with van der Waals surface area (Å²) in [5.74, 6) is 0.970. The van der Waals surface area contributed by atoms with E-state index in [1.54, 1.807) is 0 Å². The first kappa shape index (κ1) is 33.6. The number of carbonyl (C=O) groups is 1. The molecule has 32 heavy (non-hydrogen) atoms. The number of hydrogen-bond donors (Lipinski definition) is 0. The molecule has 0 unspecified atom stereocenters. The SMILES string of the molecule is CC(C)C(=O)COCN(CCS(C)(=O)=O)C(C)C.CC(C)CN(CCS(C)(=O)=O)C(C)C. The van der Waals surface area contributed by atoms with E-state index in [0.717, 1.165) is 6.54 Å². The summed E-state index contributed by atoms with van der Waals surface area (Å²) in [5.41, 5.74) is 0. The standard InChI is InChI=1S/C12H25NO4S.C10H23NO2S/c1-10(2)12(14)8-17-9-13(11(3)4)6-7-18(5,15)16;1-9(2)8-11(10(3)4)6-7-14(5,12)13/h10-11H,6-9H2,1-5H3;9-10H,6-8H2,1-5H3. The quantitative estimate of drug-likeness (QED) is 0.316. The van der Waals surface area contributed by atoms with Crippen LogP contribution in [-0.2, 0) is 29.2 Å². The first-order valence-electron chi connectivity index (χ1n) is 11.3. The van der Waals surface area contributed by atoms with Gasteiger partial charge in [0.15, 0.2) is 5.78 Å². The summed E-state index contributed by atoms with van der Waals surface area (Å²) in [7, 11) is -5.80. The molecule has 0 aromatic carbocycles. The highest BCUT2D eigenvalue weighted by molar-refractivity contribution is 7.90. The van der Waals surface area contributed by atoms with Gasteiger partial charge in [0.05, 0.1) is 18.2 Å². The van der Waals surface area contributed by atoms with Crippen LogP contribution in [0.25, 0.3) is 0 Å². The molecule has 0 fully saturated rings. The van der Waals surface area contributed by atoms with E-state index in [0.29, 0.717) is 25.0 Å². The smallest absolute Gasteiger partial charge is 0.161 e. The normalized spacial score (nSPS) is 12.9. The minimum atomic E-state index is -2.97. The van der Waals surface area contributed by atoms with Crippen LogP contribution in [0, 0.1) is 11.8 Å². The van der Waals surface area contributed by atoms with Crippen LogP contribution in [0.1, 0.15) is 55.4 Å². The third-order valence-corrected chi connectivity index (χ3v) is 6.55. The average molecular weight is 501 g/mol. The van der Waals surface area contributed by atoms with Crippen molar-refractivity contribution in [2.75, 3.05) is 57.0 Å². The van der Waals surface area contributed by atoms with Crippen LogP contribution in [0.2, 0.25) is 0 Å². The zero-order chi connectivity index (χ0) is 25.7. The van der Waals surface area contributed by atoms with Gasteiger partial charge in [0.2, 0.25) is 0 Å². The van der Waals surface area contributed by atoms with Gasteiger partial charge >= 0.3 is 0 Å². The Bertz CT molecular complexity index is 717. The number of nitrogens with zero attached hydrogens (tertiary/aromatic N) is 2. The van der Waals surface area contributed by atoms with Crippen molar-refractivity contribution >= 4 is 25.5 Å². The van der Waals surface area contributed by atoms with Crippen LogP contribution >= 0.6 is 0 Å². The van der Waals surface area contributed by atoms with E-state index in [1.165, 1.54) is 12.5 Å². The highest BCUT2D eigenvalue weighted by atomic mass is 32.2. The molecular weight excluding hydrogens is 452 g/mol. The molecule has 0 aromatic rings. The molecule has 0 N–H and O–H groups in total. The Balaban J connectivity index is 0. The summed E-state index contributed by atoms with van der Waals surface area (Å²) in [6.45, 7) is 18.5. The summed E-state index contributed by atoms with van der Waals surface area (Å²) < 4.78 is 49.6. The summed E-state index contributed by atoms with van der Waals surface area (Å²) in [5, 5.41) is 0. The first-order valence-corrected chi connectivity index (χ1v) is 15.4. The molecule has 0 radical (unpaired) electrons. The fourth-order valence-corrected chi connectivity index (χ4v) is 3.63. The van der Waals surface area contributed by atoms with Gasteiger partial charge in [-0.25, -0.2) is 16.8 Å². The average Bonchev–Trinajstić information content (AvgIpc) is 2.59. The molecule has 194 valence electrons. The Kier molecular flexibility index (Phi) is 17.0. The number of ketones is 1. The van der Waals surface area contributed by atoms with Crippen molar-refractivity contribution < 1.29 is 26.4 Å². The van der Waals surface area contributed by atoms with Gasteiger partial charge in [-0.05, 0) is 33.6 Å². The maximum absolute atomic E-state index is 11.4. The molecule has 0 aliphatic rings. The molecule has 0 amide bonds. The lowest BCUT2D eigenvalue weighted by molar-refractivity contribution is -0.128. The number of hydrogen-bond acceptors (Lipinski definition) is 8. The summed E-state index contributed by atoms with van der Waals surface area (Å²) in [6, 6.07) is 0.597. The van der Waals surface area contributed by atoms with Crippen molar-refractivity contribution in [3.63, 3.8) is 0 Å².